The van der Waals surface area contributed by atoms with Gasteiger partial charge in [0.1, 0.15) is 0 Å². The minimum atomic E-state index is -1.43. The van der Waals surface area contributed by atoms with Gasteiger partial charge in [-0.3, -0.25) is 0 Å². The Balaban J connectivity index is 0. The Morgan fingerprint density at radius 3 is 2.25 bits per heavy atom. The Morgan fingerprint density at radius 1 is 1.88 bits per heavy atom. The predicted molar refractivity (Wildman–Crippen MR) is 20.1 cm³/mol. The van der Waals surface area contributed by atoms with E-state index in [1.165, 1.54) is 0 Å². The molecule has 4 nitrogen and oxygen atoms in total. The first kappa shape index (κ1) is 11.8. The largest absolute Gasteiger partial charge is 1.00 e. The van der Waals surface area contributed by atoms with Gasteiger partial charge in [-0.15, -0.1) is 0 Å². The number of aliphatic hydroxyl groups excluding tert-OH is 1. The third-order valence-corrected chi connectivity index (χ3v) is 0.499. The molecule has 0 saturated heterocycles. The molecule has 8 heavy (non-hydrogen) atoms. The van der Waals surface area contributed by atoms with Crippen molar-refractivity contribution in [1.82, 2.24) is 0 Å². The van der Waals surface area contributed by atoms with Crippen molar-refractivity contribution >= 4 is 5.97 Å². The molecule has 5 heteroatoms. The Kier molecular flexibility index (Phi) is 9.06. The zero-order valence-electron chi connectivity index (χ0n) is 4.63. The normalized spacial score (nSPS) is 11.8. The molecule has 0 aliphatic heterocycles. The Morgan fingerprint density at radius 2 is 2.25 bits per heavy atom. The minimum Gasteiger partial charge on any atom is -0.548 e. The number of carbonyl (C=O) groups excluding carboxylic acids is 1. The van der Waals surface area contributed by atoms with Gasteiger partial charge in [0.25, 0.3) is 0 Å². The molecule has 0 fully saturated rings. The number of aliphatic carboxylic acids is 1. The van der Waals surface area contributed by atoms with Gasteiger partial charge < -0.3 is 20.7 Å². The van der Waals surface area contributed by atoms with Gasteiger partial charge in [-0.05, 0) is 0 Å². The summed E-state index contributed by atoms with van der Waals surface area (Å²) in [6.45, 7) is -0.567. The molecule has 0 bridgehead atoms. The van der Waals surface area contributed by atoms with Gasteiger partial charge in [0, 0.05) is 0 Å². The SMILES string of the molecule is N[C@@H](CO)C(=O)[O-].[K+]. The fourth-order valence-electron chi connectivity index (χ4n) is 0.0745. The maximum absolute atomic E-state index is 9.53. The molecule has 0 saturated carbocycles. The third kappa shape index (κ3) is 5.17. The first-order chi connectivity index (χ1) is 3.18. The summed E-state index contributed by atoms with van der Waals surface area (Å²) in [6, 6.07) is -1.24. The Labute approximate surface area is 89.5 Å². The molecule has 0 unspecified atom stereocenters. The Bertz CT molecular complexity index is 76.9. The smallest absolute Gasteiger partial charge is 0.548 e. The van der Waals surface area contributed by atoms with Crippen molar-refractivity contribution in [3.05, 3.63) is 0 Å². The van der Waals surface area contributed by atoms with Crippen LogP contribution >= 0.6 is 0 Å². The summed E-state index contributed by atoms with van der Waals surface area (Å²) < 4.78 is 0. The molecule has 0 aliphatic rings. The average Bonchev–Trinajstić information content (AvgIpc) is 1.65. The number of nitrogens with two attached hydrogens (primary N) is 1. The van der Waals surface area contributed by atoms with E-state index in [0.717, 1.165) is 0 Å². The molecule has 3 N–H and O–H groups in total. The summed E-state index contributed by atoms with van der Waals surface area (Å²) in [5.74, 6) is -1.43. The summed E-state index contributed by atoms with van der Waals surface area (Å²) in [5, 5.41) is 17.5. The molecule has 0 aliphatic carbocycles. The van der Waals surface area contributed by atoms with Crippen molar-refractivity contribution in [2.75, 3.05) is 6.61 Å². The molecule has 0 amide bonds. The molecule has 0 rings (SSSR count). The molecular formula is C3H6KNO3. The summed E-state index contributed by atoms with van der Waals surface area (Å²) in [7, 11) is 0. The van der Waals surface area contributed by atoms with Crippen LogP contribution in [0.4, 0.5) is 0 Å². The fraction of sp³-hybridized carbons (Fsp3) is 0.667. The number of rotatable bonds is 2. The number of carbonyl (C=O) groups is 1. The van der Waals surface area contributed by atoms with Crippen LogP contribution in [-0.2, 0) is 4.79 Å². The summed E-state index contributed by atoms with van der Waals surface area (Å²) >= 11 is 0. The van der Waals surface area contributed by atoms with Gasteiger partial charge in [0.2, 0.25) is 0 Å². The van der Waals surface area contributed by atoms with E-state index < -0.39 is 18.6 Å². The number of aliphatic hydroxyl groups is 1. The van der Waals surface area contributed by atoms with Gasteiger partial charge in [-0.1, -0.05) is 0 Å². The van der Waals surface area contributed by atoms with Crippen LogP contribution in [0.25, 0.3) is 0 Å². The number of carboxylic acid groups (broad SMARTS) is 1. The quantitative estimate of drug-likeness (QED) is 0.377. The summed E-state index contributed by atoms with van der Waals surface area (Å²) in [6.07, 6.45) is 0. The van der Waals surface area contributed by atoms with E-state index in [-0.39, 0.29) is 51.4 Å². The average molecular weight is 143 g/mol. The molecular weight excluding hydrogens is 137 g/mol. The van der Waals surface area contributed by atoms with Gasteiger partial charge >= 0.3 is 51.4 Å². The van der Waals surface area contributed by atoms with Crippen molar-refractivity contribution in [1.29, 1.82) is 0 Å². The maximum atomic E-state index is 9.53. The van der Waals surface area contributed by atoms with Crippen molar-refractivity contribution in [3.63, 3.8) is 0 Å². The number of hydrogen-bond acceptors (Lipinski definition) is 4. The molecule has 0 aromatic rings. The second-order valence-corrected chi connectivity index (χ2v) is 1.11. The number of hydrogen-bond donors (Lipinski definition) is 2. The van der Waals surface area contributed by atoms with Gasteiger partial charge in [-0.25, -0.2) is 0 Å². The van der Waals surface area contributed by atoms with Crippen LogP contribution in [0, 0.1) is 0 Å². The minimum absolute atomic E-state index is 0. The standard InChI is InChI=1S/C3H7NO3.K/c4-2(1-5)3(6)7;/h2,5H,1,4H2,(H,6,7);/q;+1/p-1/t2-;/m0./s1. The van der Waals surface area contributed by atoms with E-state index in [4.69, 9.17) is 10.8 Å². The first-order valence-electron chi connectivity index (χ1n) is 1.75. The van der Waals surface area contributed by atoms with Crippen molar-refractivity contribution in [3.8, 4) is 0 Å². The topological polar surface area (TPSA) is 86.4 Å². The van der Waals surface area contributed by atoms with Crippen molar-refractivity contribution < 1.29 is 66.4 Å². The van der Waals surface area contributed by atoms with Gasteiger partial charge in [0.15, 0.2) is 0 Å². The zero-order valence-corrected chi connectivity index (χ0v) is 7.75. The van der Waals surface area contributed by atoms with Crippen LogP contribution in [0.15, 0.2) is 0 Å². The van der Waals surface area contributed by atoms with Gasteiger partial charge in [-0.2, -0.15) is 0 Å². The molecule has 1 atom stereocenters. The van der Waals surface area contributed by atoms with Crippen LogP contribution in [0.3, 0.4) is 0 Å². The predicted octanol–water partition coefficient (Wildman–Crippen LogP) is -5.94. The fourth-order valence-corrected chi connectivity index (χ4v) is 0.0745. The van der Waals surface area contributed by atoms with Crippen LogP contribution in [0.2, 0.25) is 0 Å². The Hall–Kier alpha value is 1.03. The molecule has 42 valence electrons. The number of carboxylic acids is 1. The van der Waals surface area contributed by atoms with E-state index in [0.29, 0.717) is 0 Å². The van der Waals surface area contributed by atoms with E-state index in [1.54, 1.807) is 0 Å². The van der Waals surface area contributed by atoms with Crippen molar-refractivity contribution in [2.45, 2.75) is 6.04 Å². The van der Waals surface area contributed by atoms with E-state index in [9.17, 15) is 9.90 Å². The third-order valence-electron chi connectivity index (χ3n) is 0.499. The first-order valence-corrected chi connectivity index (χ1v) is 1.75. The zero-order chi connectivity index (χ0) is 5.86. The van der Waals surface area contributed by atoms with Crippen LogP contribution in [0.1, 0.15) is 0 Å². The second kappa shape index (κ2) is 6.15. The van der Waals surface area contributed by atoms with E-state index in [1.807, 2.05) is 0 Å². The van der Waals surface area contributed by atoms with Crippen LogP contribution in [0.5, 0.6) is 0 Å². The monoisotopic (exact) mass is 143 g/mol. The molecule has 0 spiro atoms. The van der Waals surface area contributed by atoms with Gasteiger partial charge in [0.05, 0.1) is 18.6 Å². The summed E-state index contributed by atoms with van der Waals surface area (Å²) in [4.78, 5) is 9.53. The molecule has 0 radical (unpaired) electrons. The van der Waals surface area contributed by atoms with Crippen molar-refractivity contribution in [2.24, 2.45) is 5.73 Å². The molecule has 0 heterocycles. The summed E-state index contributed by atoms with van der Waals surface area (Å²) in [5.41, 5.74) is 4.70. The molecule has 0 aromatic heterocycles. The molecule has 0 aromatic carbocycles. The van der Waals surface area contributed by atoms with Crippen LogP contribution in [-0.4, -0.2) is 23.7 Å². The second-order valence-electron chi connectivity index (χ2n) is 1.11. The van der Waals surface area contributed by atoms with Crippen LogP contribution < -0.4 is 62.2 Å². The van der Waals surface area contributed by atoms with E-state index >= 15 is 0 Å². The maximum Gasteiger partial charge on any atom is 1.00 e. The van der Waals surface area contributed by atoms with E-state index in [2.05, 4.69) is 0 Å².